The van der Waals surface area contributed by atoms with E-state index in [-0.39, 0.29) is 0 Å². The van der Waals surface area contributed by atoms with Crippen LogP contribution in [0.4, 0.5) is 0 Å². The van der Waals surface area contributed by atoms with E-state index in [2.05, 4.69) is 43.8 Å². The van der Waals surface area contributed by atoms with Gasteiger partial charge in [0.05, 0.1) is 0 Å². The Morgan fingerprint density at radius 3 is 0.880 bits per heavy atom. The zero-order valence-corrected chi connectivity index (χ0v) is 35.2. The normalized spacial score (nSPS) is 11.6. The van der Waals surface area contributed by atoms with E-state index in [9.17, 15) is 0 Å². The topological polar surface area (TPSA) is 3.88 Å². The predicted octanol–water partition coefficient (Wildman–Crippen LogP) is 16.9. The molecule has 1 heteroatoms. The molecule has 0 bridgehead atoms. The summed E-state index contributed by atoms with van der Waals surface area (Å²) in [6.07, 6.45) is 62.3. The molecule has 0 aromatic carbocycles. The van der Waals surface area contributed by atoms with Crippen molar-refractivity contribution in [2.75, 3.05) is 0 Å². The van der Waals surface area contributed by atoms with Crippen LogP contribution in [0.15, 0.2) is 18.5 Å². The second-order valence-electron chi connectivity index (χ2n) is 16.6. The Kier molecular flexibility index (Phi) is 37.1. The van der Waals surface area contributed by atoms with Crippen LogP contribution in [0.5, 0.6) is 0 Å². The first-order chi connectivity index (χ1) is 24.8. The van der Waals surface area contributed by atoms with Crippen molar-refractivity contribution in [2.45, 2.75) is 284 Å². The van der Waals surface area contributed by atoms with Crippen molar-refractivity contribution in [2.24, 2.45) is 0 Å². The molecule has 0 aliphatic heterocycles. The molecule has 294 valence electrons. The van der Waals surface area contributed by atoms with E-state index in [4.69, 9.17) is 0 Å². The number of unbranched alkanes of at least 4 members (excludes halogenated alkanes) is 35. The molecule has 1 aromatic rings. The maximum absolute atomic E-state index is 2.56. The third kappa shape index (κ3) is 31.9. The van der Waals surface area contributed by atoms with Crippen molar-refractivity contribution in [3.63, 3.8) is 0 Å². The zero-order valence-electron chi connectivity index (χ0n) is 35.2. The molecule has 0 saturated carbocycles. The van der Waals surface area contributed by atoms with E-state index in [1.807, 2.05) is 0 Å². The molecule has 0 saturated heterocycles. The van der Waals surface area contributed by atoms with Gasteiger partial charge in [-0.1, -0.05) is 239 Å². The summed E-state index contributed by atoms with van der Waals surface area (Å²) in [7, 11) is 0. The molecule has 0 radical (unpaired) electrons. The van der Waals surface area contributed by atoms with Gasteiger partial charge in [-0.25, -0.2) is 4.57 Å². The van der Waals surface area contributed by atoms with Gasteiger partial charge in [0.2, 0.25) is 0 Å². The van der Waals surface area contributed by atoms with Gasteiger partial charge in [-0.2, -0.15) is 0 Å². The average Bonchev–Trinajstić information content (AvgIpc) is 3.13. The van der Waals surface area contributed by atoms with Gasteiger partial charge in [0, 0.05) is 18.1 Å². The number of aryl methyl sites for hydroxylation is 3. The minimum atomic E-state index is 1.21. The van der Waals surface area contributed by atoms with Gasteiger partial charge in [-0.15, -0.1) is 0 Å². The van der Waals surface area contributed by atoms with Crippen LogP contribution in [0.25, 0.3) is 0 Å². The Bertz CT molecular complexity index is 783. The average molecular weight is 697 g/mol. The van der Waals surface area contributed by atoms with Gasteiger partial charge < -0.3 is 0 Å². The van der Waals surface area contributed by atoms with Crippen molar-refractivity contribution in [3.05, 3.63) is 29.6 Å². The maximum atomic E-state index is 2.56. The third-order valence-electron chi connectivity index (χ3n) is 11.6. The highest BCUT2D eigenvalue weighted by molar-refractivity contribution is 5.21. The molecule has 0 spiro atoms. The lowest BCUT2D eigenvalue weighted by Gasteiger charge is -2.10. The molecular formula is C49H94N+. The first-order valence-electron chi connectivity index (χ1n) is 23.8. The largest absolute Gasteiger partial charge is 0.205 e. The maximum Gasteiger partial charge on any atom is 0.172 e. The van der Waals surface area contributed by atoms with Crippen LogP contribution in [0.3, 0.4) is 0 Å². The number of hydrogen-bond donors (Lipinski definition) is 0. The summed E-state index contributed by atoms with van der Waals surface area (Å²) >= 11 is 0. The lowest BCUT2D eigenvalue weighted by molar-refractivity contribution is -0.697. The highest BCUT2D eigenvalue weighted by Gasteiger charge is 2.10. The van der Waals surface area contributed by atoms with E-state index in [0.29, 0.717) is 0 Å². The number of pyridine rings is 1. The molecule has 1 heterocycles. The summed E-state index contributed by atoms with van der Waals surface area (Å²) in [5, 5.41) is 0. The molecule has 0 aliphatic rings. The lowest BCUT2D eigenvalue weighted by atomic mass is 9.97. The Morgan fingerprint density at radius 1 is 0.300 bits per heavy atom. The van der Waals surface area contributed by atoms with Gasteiger partial charge >= 0.3 is 0 Å². The smallest absolute Gasteiger partial charge is 0.172 e. The van der Waals surface area contributed by atoms with Gasteiger partial charge in [0.25, 0.3) is 0 Å². The summed E-state index contributed by atoms with van der Waals surface area (Å²) in [5.41, 5.74) is 3.34. The van der Waals surface area contributed by atoms with Gasteiger partial charge in [0.15, 0.2) is 12.4 Å². The van der Waals surface area contributed by atoms with E-state index in [1.165, 1.54) is 263 Å². The molecule has 0 amide bonds. The quantitative estimate of drug-likeness (QED) is 0.0474. The van der Waals surface area contributed by atoms with Crippen molar-refractivity contribution in [1.82, 2.24) is 0 Å². The zero-order chi connectivity index (χ0) is 35.8. The molecule has 0 aliphatic carbocycles. The fraction of sp³-hybridized carbons (Fsp3) is 0.898. The fourth-order valence-electron chi connectivity index (χ4n) is 8.03. The molecule has 1 nitrogen and oxygen atoms in total. The Balaban J connectivity index is 2.29. The van der Waals surface area contributed by atoms with Crippen LogP contribution < -0.4 is 4.57 Å². The monoisotopic (exact) mass is 697 g/mol. The van der Waals surface area contributed by atoms with Crippen LogP contribution >= 0.6 is 0 Å². The molecule has 0 atom stereocenters. The Labute approximate surface area is 317 Å². The minimum absolute atomic E-state index is 1.21. The Morgan fingerprint density at radius 2 is 0.560 bits per heavy atom. The summed E-state index contributed by atoms with van der Waals surface area (Å²) in [5.74, 6) is 0. The van der Waals surface area contributed by atoms with Gasteiger partial charge in [0.1, 0.15) is 6.54 Å². The van der Waals surface area contributed by atoms with Crippen molar-refractivity contribution in [3.8, 4) is 0 Å². The van der Waals surface area contributed by atoms with E-state index in [1.54, 1.807) is 11.1 Å². The van der Waals surface area contributed by atoms with Crippen molar-refractivity contribution < 1.29 is 4.57 Å². The summed E-state index contributed by atoms with van der Waals surface area (Å²) in [6.45, 7) is 8.16. The van der Waals surface area contributed by atoms with Crippen LogP contribution in [-0.2, 0) is 19.4 Å². The first kappa shape index (κ1) is 47.2. The molecule has 50 heavy (non-hydrogen) atoms. The molecule has 0 fully saturated rings. The van der Waals surface area contributed by atoms with Crippen molar-refractivity contribution >= 4 is 0 Å². The number of rotatable bonds is 41. The molecular weight excluding hydrogens is 603 g/mol. The molecule has 0 N–H and O–H groups in total. The van der Waals surface area contributed by atoms with Crippen molar-refractivity contribution in [1.29, 1.82) is 0 Å². The number of nitrogens with zero attached hydrogens (tertiary/aromatic N) is 1. The standard InChI is InChI=1S/C49H94N/c1-4-7-10-13-16-19-22-24-26-28-30-33-36-39-42-48-44-46-50(45-41-38-35-32-21-18-15-12-9-6-3)47-49(48)43-40-37-34-31-29-27-25-23-20-17-14-11-8-5-2/h44,46-47H,4-43,45H2,1-3H3/q+1. The van der Waals surface area contributed by atoms with Gasteiger partial charge in [-0.3, -0.25) is 0 Å². The lowest BCUT2D eigenvalue weighted by Crippen LogP contribution is -2.34. The first-order valence-corrected chi connectivity index (χ1v) is 23.8. The van der Waals surface area contributed by atoms with E-state index in [0.717, 1.165) is 0 Å². The number of aromatic nitrogens is 1. The third-order valence-corrected chi connectivity index (χ3v) is 11.6. The number of hydrogen-bond acceptors (Lipinski definition) is 0. The van der Waals surface area contributed by atoms with Crippen LogP contribution in [-0.4, -0.2) is 0 Å². The Hall–Kier alpha value is -0.850. The fourth-order valence-corrected chi connectivity index (χ4v) is 8.03. The second kappa shape index (κ2) is 39.4. The highest BCUT2D eigenvalue weighted by Crippen LogP contribution is 2.19. The van der Waals surface area contributed by atoms with Crippen LogP contribution in [0.1, 0.15) is 276 Å². The van der Waals surface area contributed by atoms with Crippen LogP contribution in [0.2, 0.25) is 0 Å². The summed E-state index contributed by atoms with van der Waals surface area (Å²) in [4.78, 5) is 0. The molecule has 0 unspecified atom stereocenters. The molecule has 1 aromatic heterocycles. The van der Waals surface area contributed by atoms with E-state index < -0.39 is 0 Å². The highest BCUT2D eigenvalue weighted by atomic mass is 14.9. The summed E-state index contributed by atoms with van der Waals surface area (Å²) < 4.78 is 2.54. The second-order valence-corrected chi connectivity index (χ2v) is 16.6. The SMILES string of the molecule is CCCCCCCCCCCCCCCCc1cc[n+](CCCCCCCCCCCC)cc1CCCCCCCCCCCCCCCC. The summed E-state index contributed by atoms with van der Waals surface area (Å²) in [6, 6.07) is 2.51. The van der Waals surface area contributed by atoms with Gasteiger partial charge in [-0.05, 0) is 37.7 Å². The molecule has 1 rings (SSSR count). The van der Waals surface area contributed by atoms with Crippen LogP contribution in [0, 0.1) is 0 Å². The van der Waals surface area contributed by atoms with E-state index >= 15 is 0 Å². The minimum Gasteiger partial charge on any atom is -0.205 e. The predicted molar refractivity (Wildman–Crippen MR) is 227 cm³/mol.